The molecule has 2 rings (SSSR count). The summed E-state index contributed by atoms with van der Waals surface area (Å²) in [6, 6.07) is 13.5. The smallest absolute Gasteiger partial charge is 0.272 e. The Balaban J connectivity index is 2.34. The second kappa shape index (κ2) is 7.59. The molecule has 2 aromatic rings. The van der Waals surface area contributed by atoms with Gasteiger partial charge in [-0.05, 0) is 55.2 Å². The first-order chi connectivity index (χ1) is 11.4. The molecule has 4 nitrogen and oxygen atoms in total. The van der Waals surface area contributed by atoms with E-state index in [9.17, 15) is 9.59 Å². The number of anilines is 1. The largest absolute Gasteiger partial charge is 0.322 e. The van der Waals surface area contributed by atoms with Gasteiger partial charge in [-0.1, -0.05) is 36.4 Å². The molecule has 2 N–H and O–H groups in total. The number of carbonyl (C=O) groups excluding carboxylic acids is 2. The number of rotatable bonds is 4. The highest BCUT2D eigenvalue weighted by molar-refractivity contribution is 6.08. The van der Waals surface area contributed by atoms with Crippen LogP contribution in [0.4, 0.5) is 5.69 Å². The molecule has 24 heavy (non-hydrogen) atoms. The van der Waals surface area contributed by atoms with Crippen molar-refractivity contribution >= 4 is 23.6 Å². The van der Waals surface area contributed by atoms with Gasteiger partial charge in [-0.2, -0.15) is 0 Å². The van der Waals surface area contributed by atoms with E-state index in [4.69, 9.17) is 0 Å². The summed E-state index contributed by atoms with van der Waals surface area (Å²) in [5.41, 5.74) is 4.89. The van der Waals surface area contributed by atoms with Crippen LogP contribution in [-0.4, -0.2) is 11.8 Å². The molecule has 0 unspecified atom stereocenters. The molecule has 0 heterocycles. The Morgan fingerprint density at radius 3 is 2.33 bits per heavy atom. The number of nitrogens with one attached hydrogen (secondary N) is 2. The van der Waals surface area contributed by atoms with E-state index >= 15 is 0 Å². The fraction of sp³-hybridized carbons (Fsp3) is 0.200. The van der Waals surface area contributed by atoms with Crippen LogP contribution in [0.15, 0.2) is 48.2 Å². The van der Waals surface area contributed by atoms with Crippen LogP contribution in [0.25, 0.3) is 6.08 Å². The molecule has 4 heteroatoms. The zero-order valence-corrected chi connectivity index (χ0v) is 14.4. The zero-order chi connectivity index (χ0) is 17.7. The van der Waals surface area contributed by atoms with Gasteiger partial charge in [0.25, 0.3) is 5.91 Å². The maximum Gasteiger partial charge on any atom is 0.272 e. The number of benzene rings is 2. The fourth-order valence-corrected chi connectivity index (χ4v) is 2.31. The SMILES string of the molecule is CC(=O)N/C(=C\c1ccccc1C)C(=O)Nc1cc(C)ccc1C. The molecule has 0 saturated carbocycles. The minimum atomic E-state index is -0.345. The predicted molar refractivity (Wildman–Crippen MR) is 97.5 cm³/mol. The lowest BCUT2D eigenvalue weighted by atomic mass is 10.1. The molecule has 0 aromatic heterocycles. The van der Waals surface area contributed by atoms with Gasteiger partial charge in [0.15, 0.2) is 0 Å². The van der Waals surface area contributed by atoms with Gasteiger partial charge in [-0.15, -0.1) is 0 Å². The van der Waals surface area contributed by atoms with Gasteiger partial charge in [0.1, 0.15) is 5.70 Å². The van der Waals surface area contributed by atoms with E-state index in [1.54, 1.807) is 6.08 Å². The Labute approximate surface area is 142 Å². The van der Waals surface area contributed by atoms with Gasteiger partial charge in [0, 0.05) is 12.6 Å². The first-order valence-electron chi connectivity index (χ1n) is 7.80. The van der Waals surface area contributed by atoms with Crippen LogP contribution in [0, 0.1) is 20.8 Å². The lowest BCUT2D eigenvalue weighted by molar-refractivity contribution is -0.120. The first-order valence-corrected chi connectivity index (χ1v) is 7.80. The summed E-state index contributed by atoms with van der Waals surface area (Å²) >= 11 is 0. The zero-order valence-electron chi connectivity index (χ0n) is 14.4. The summed E-state index contributed by atoms with van der Waals surface area (Å²) in [6.07, 6.45) is 1.69. The van der Waals surface area contributed by atoms with Gasteiger partial charge in [-0.25, -0.2) is 0 Å². The van der Waals surface area contributed by atoms with Crippen LogP contribution in [0.2, 0.25) is 0 Å². The molecule has 2 amide bonds. The summed E-state index contributed by atoms with van der Waals surface area (Å²) in [6.45, 7) is 7.24. The predicted octanol–water partition coefficient (Wildman–Crippen LogP) is 3.73. The van der Waals surface area contributed by atoms with Crippen molar-refractivity contribution in [1.82, 2.24) is 5.32 Å². The van der Waals surface area contributed by atoms with Gasteiger partial charge in [-0.3, -0.25) is 9.59 Å². The summed E-state index contributed by atoms with van der Waals surface area (Å²) in [5, 5.41) is 5.49. The number of aryl methyl sites for hydroxylation is 3. The number of amides is 2. The average Bonchev–Trinajstić information content (AvgIpc) is 2.52. The Morgan fingerprint density at radius 2 is 1.67 bits per heavy atom. The monoisotopic (exact) mass is 322 g/mol. The van der Waals surface area contributed by atoms with Crippen molar-refractivity contribution in [3.63, 3.8) is 0 Å². The van der Waals surface area contributed by atoms with Crippen molar-refractivity contribution in [1.29, 1.82) is 0 Å². The molecule has 0 spiro atoms. The van der Waals surface area contributed by atoms with E-state index < -0.39 is 0 Å². The number of hydrogen-bond acceptors (Lipinski definition) is 2. The fourth-order valence-electron chi connectivity index (χ4n) is 2.31. The molecule has 0 saturated heterocycles. The molecule has 0 atom stereocenters. The third kappa shape index (κ3) is 4.56. The van der Waals surface area contributed by atoms with E-state index in [2.05, 4.69) is 10.6 Å². The van der Waals surface area contributed by atoms with Gasteiger partial charge in [0.05, 0.1) is 0 Å². The maximum absolute atomic E-state index is 12.6. The third-order valence-corrected chi connectivity index (χ3v) is 3.68. The van der Waals surface area contributed by atoms with Crippen LogP contribution in [0.3, 0.4) is 0 Å². The molecule has 124 valence electrons. The lowest BCUT2D eigenvalue weighted by Crippen LogP contribution is -2.29. The van der Waals surface area contributed by atoms with Gasteiger partial charge < -0.3 is 10.6 Å². The highest BCUT2D eigenvalue weighted by Gasteiger charge is 2.13. The standard InChI is InChI=1S/C20H22N2O2/c1-13-9-10-15(3)18(11-13)22-20(24)19(21-16(4)23)12-17-8-6-5-7-14(17)2/h5-12H,1-4H3,(H,21,23)(H,22,24)/b19-12-. The highest BCUT2D eigenvalue weighted by Crippen LogP contribution is 2.18. The van der Waals surface area contributed by atoms with Crippen LogP contribution >= 0.6 is 0 Å². The molecule has 0 fully saturated rings. The van der Waals surface area contributed by atoms with E-state index in [1.165, 1.54) is 6.92 Å². The Morgan fingerprint density at radius 1 is 0.958 bits per heavy atom. The minimum Gasteiger partial charge on any atom is -0.322 e. The highest BCUT2D eigenvalue weighted by atomic mass is 16.2. The van der Waals surface area contributed by atoms with E-state index in [-0.39, 0.29) is 17.5 Å². The Bertz CT molecular complexity index is 807. The van der Waals surface area contributed by atoms with Crippen LogP contribution in [-0.2, 0) is 9.59 Å². The summed E-state index contributed by atoms with van der Waals surface area (Å²) in [5.74, 6) is -0.631. The first kappa shape index (κ1) is 17.5. The number of carbonyl (C=O) groups is 2. The van der Waals surface area contributed by atoms with Gasteiger partial charge >= 0.3 is 0 Å². The summed E-state index contributed by atoms with van der Waals surface area (Å²) in [7, 11) is 0. The number of hydrogen-bond donors (Lipinski definition) is 2. The second-order valence-corrected chi connectivity index (χ2v) is 5.87. The third-order valence-electron chi connectivity index (χ3n) is 3.68. The van der Waals surface area contributed by atoms with Crippen molar-refractivity contribution in [2.75, 3.05) is 5.32 Å². The molecular weight excluding hydrogens is 300 g/mol. The van der Waals surface area contributed by atoms with E-state index in [0.717, 1.165) is 27.9 Å². The normalized spacial score (nSPS) is 11.1. The van der Waals surface area contributed by atoms with Crippen molar-refractivity contribution in [3.8, 4) is 0 Å². The average molecular weight is 322 g/mol. The van der Waals surface area contributed by atoms with Crippen LogP contribution < -0.4 is 10.6 Å². The topological polar surface area (TPSA) is 58.2 Å². The lowest BCUT2D eigenvalue weighted by Gasteiger charge is -2.13. The van der Waals surface area contributed by atoms with E-state index in [0.29, 0.717) is 0 Å². The van der Waals surface area contributed by atoms with Gasteiger partial charge in [0.2, 0.25) is 5.91 Å². The minimum absolute atomic E-state index is 0.220. The second-order valence-electron chi connectivity index (χ2n) is 5.87. The Kier molecular flexibility index (Phi) is 5.53. The van der Waals surface area contributed by atoms with Crippen LogP contribution in [0.5, 0.6) is 0 Å². The van der Waals surface area contributed by atoms with Crippen molar-refractivity contribution in [2.45, 2.75) is 27.7 Å². The van der Waals surface area contributed by atoms with Crippen molar-refractivity contribution in [3.05, 3.63) is 70.4 Å². The summed E-state index contributed by atoms with van der Waals surface area (Å²) < 4.78 is 0. The summed E-state index contributed by atoms with van der Waals surface area (Å²) in [4.78, 5) is 24.1. The molecule has 0 radical (unpaired) electrons. The van der Waals surface area contributed by atoms with Crippen molar-refractivity contribution in [2.24, 2.45) is 0 Å². The van der Waals surface area contributed by atoms with Crippen molar-refractivity contribution < 1.29 is 9.59 Å². The molecule has 0 aliphatic carbocycles. The molecule has 0 aliphatic heterocycles. The van der Waals surface area contributed by atoms with E-state index in [1.807, 2.05) is 63.2 Å². The molecule has 2 aromatic carbocycles. The quantitative estimate of drug-likeness (QED) is 0.843. The molecular formula is C20H22N2O2. The maximum atomic E-state index is 12.6. The Hall–Kier alpha value is -2.88. The molecule has 0 aliphatic rings. The molecule has 0 bridgehead atoms. The van der Waals surface area contributed by atoms with Crippen LogP contribution in [0.1, 0.15) is 29.2 Å².